The van der Waals surface area contributed by atoms with Crippen LogP contribution in [0.2, 0.25) is 5.02 Å². The van der Waals surface area contributed by atoms with Crippen LogP contribution in [0.15, 0.2) is 23.1 Å². The Balaban J connectivity index is 0. The van der Waals surface area contributed by atoms with E-state index in [0.29, 0.717) is 15.6 Å². The van der Waals surface area contributed by atoms with Crippen molar-refractivity contribution in [1.82, 2.24) is 0 Å². The number of nitrogen functional groups attached to an aromatic ring is 1. The predicted octanol–water partition coefficient (Wildman–Crippen LogP) is -0.673. The van der Waals surface area contributed by atoms with Gasteiger partial charge in [0.25, 0.3) is 0 Å². The third-order valence-electron chi connectivity index (χ3n) is 1.02. The summed E-state index contributed by atoms with van der Waals surface area (Å²) in [6.45, 7) is 0. The summed E-state index contributed by atoms with van der Waals surface area (Å²) in [6.07, 6.45) is 0. The molecular formula is C6H7ClNNaS. The van der Waals surface area contributed by atoms with Crippen molar-refractivity contribution in [3.05, 3.63) is 23.2 Å². The molecule has 0 atom stereocenters. The van der Waals surface area contributed by atoms with Gasteiger partial charge in [-0.1, -0.05) is 17.7 Å². The molecule has 10 heavy (non-hydrogen) atoms. The number of halogens is 1. The Morgan fingerprint density at radius 3 is 2.50 bits per heavy atom. The van der Waals surface area contributed by atoms with Crippen molar-refractivity contribution in [2.45, 2.75) is 4.90 Å². The van der Waals surface area contributed by atoms with E-state index in [1.807, 2.05) is 0 Å². The maximum absolute atomic E-state index is 5.66. The molecule has 1 nitrogen and oxygen atoms in total. The number of hydrogen-bond acceptors (Lipinski definition) is 2. The molecule has 0 radical (unpaired) electrons. The monoisotopic (exact) mass is 183 g/mol. The zero-order chi connectivity index (χ0) is 6.85. The van der Waals surface area contributed by atoms with E-state index in [4.69, 9.17) is 17.3 Å². The summed E-state index contributed by atoms with van der Waals surface area (Å²) in [5.41, 5.74) is 6.08. The van der Waals surface area contributed by atoms with E-state index in [9.17, 15) is 0 Å². The van der Waals surface area contributed by atoms with Crippen LogP contribution in [0.4, 0.5) is 5.69 Å². The van der Waals surface area contributed by atoms with E-state index < -0.39 is 0 Å². The van der Waals surface area contributed by atoms with Crippen LogP contribution in [0.5, 0.6) is 0 Å². The molecule has 4 heteroatoms. The van der Waals surface area contributed by atoms with Crippen molar-refractivity contribution in [3.63, 3.8) is 0 Å². The molecule has 0 aliphatic heterocycles. The molecule has 0 heterocycles. The van der Waals surface area contributed by atoms with Crippen molar-refractivity contribution < 1.29 is 31.0 Å². The summed E-state index contributed by atoms with van der Waals surface area (Å²) in [7, 11) is 0. The zero-order valence-electron chi connectivity index (χ0n) is 6.63. The minimum absolute atomic E-state index is 0. The summed E-state index contributed by atoms with van der Waals surface area (Å²) in [6, 6.07) is 5.30. The van der Waals surface area contributed by atoms with Gasteiger partial charge in [0.15, 0.2) is 0 Å². The number of benzene rings is 1. The van der Waals surface area contributed by atoms with Gasteiger partial charge in [-0.05, 0) is 12.1 Å². The topological polar surface area (TPSA) is 26.0 Å². The fraction of sp³-hybridized carbons (Fsp3) is 0. The van der Waals surface area contributed by atoms with Crippen LogP contribution in [0.3, 0.4) is 0 Å². The molecule has 0 spiro atoms. The van der Waals surface area contributed by atoms with E-state index in [0.717, 1.165) is 0 Å². The van der Waals surface area contributed by atoms with Gasteiger partial charge in [0.05, 0.1) is 5.02 Å². The first-order chi connectivity index (χ1) is 4.22. The van der Waals surface area contributed by atoms with Crippen molar-refractivity contribution in [1.29, 1.82) is 0 Å². The molecule has 50 valence electrons. The maximum Gasteiger partial charge on any atom is 1.00 e. The molecule has 0 saturated heterocycles. The van der Waals surface area contributed by atoms with E-state index >= 15 is 0 Å². The zero-order valence-corrected chi connectivity index (χ0v) is 9.28. The third kappa shape index (κ3) is 2.36. The van der Waals surface area contributed by atoms with Gasteiger partial charge in [0, 0.05) is 10.6 Å². The normalized spacial score (nSPS) is 8.60. The van der Waals surface area contributed by atoms with Crippen molar-refractivity contribution in [2.75, 3.05) is 5.73 Å². The summed E-state index contributed by atoms with van der Waals surface area (Å²) < 4.78 is 0. The van der Waals surface area contributed by atoms with Crippen molar-refractivity contribution in [2.24, 2.45) is 0 Å². The van der Waals surface area contributed by atoms with E-state index in [-0.39, 0.29) is 31.0 Å². The molecule has 0 bridgehead atoms. The Morgan fingerprint density at radius 1 is 1.50 bits per heavy atom. The second kappa shape index (κ2) is 4.52. The number of anilines is 1. The Kier molecular flexibility index (Phi) is 4.82. The molecule has 0 aliphatic carbocycles. The fourth-order valence-corrected chi connectivity index (χ4v) is 0.863. The Labute approximate surface area is 94.1 Å². The van der Waals surface area contributed by atoms with Crippen LogP contribution in [0.1, 0.15) is 1.43 Å². The molecule has 0 unspecified atom stereocenters. The quantitative estimate of drug-likeness (QED) is 0.312. The van der Waals surface area contributed by atoms with Crippen LogP contribution in [0.25, 0.3) is 0 Å². The Morgan fingerprint density at radius 2 is 2.10 bits per heavy atom. The summed E-state index contributed by atoms with van der Waals surface area (Å²) in [5.74, 6) is 0. The fourth-order valence-electron chi connectivity index (χ4n) is 0.532. The minimum Gasteiger partial charge on any atom is -1.00 e. The summed E-state index contributed by atoms with van der Waals surface area (Å²) in [4.78, 5) is 0.652. The minimum atomic E-state index is 0. The van der Waals surface area contributed by atoms with E-state index in [1.54, 1.807) is 18.2 Å². The van der Waals surface area contributed by atoms with Gasteiger partial charge in [-0.25, -0.2) is 0 Å². The first-order valence-electron chi connectivity index (χ1n) is 2.45. The third-order valence-corrected chi connectivity index (χ3v) is 1.96. The maximum atomic E-state index is 5.66. The van der Waals surface area contributed by atoms with Gasteiger partial charge in [0.2, 0.25) is 0 Å². The standard InChI is InChI=1S/C6H6ClNS.Na.H/c7-4-2-1-3-5(8)6(4)9;;/h1-3,9H,8H2;;/q;+1;-1. The molecule has 1 aromatic carbocycles. The predicted molar refractivity (Wildman–Crippen MR) is 44.2 cm³/mol. The molecular weight excluding hydrogens is 177 g/mol. The molecule has 1 rings (SSSR count). The van der Waals surface area contributed by atoms with Gasteiger partial charge < -0.3 is 7.16 Å². The molecule has 1 aromatic rings. The van der Waals surface area contributed by atoms with Crippen molar-refractivity contribution in [3.8, 4) is 0 Å². The van der Waals surface area contributed by atoms with Gasteiger partial charge in [-0.2, -0.15) is 0 Å². The van der Waals surface area contributed by atoms with E-state index in [2.05, 4.69) is 12.6 Å². The number of hydrogen-bond donors (Lipinski definition) is 2. The molecule has 0 fully saturated rings. The summed E-state index contributed by atoms with van der Waals surface area (Å²) >= 11 is 9.71. The van der Waals surface area contributed by atoms with Gasteiger partial charge in [0.1, 0.15) is 0 Å². The van der Waals surface area contributed by atoms with Crippen LogP contribution in [0, 0.1) is 0 Å². The van der Waals surface area contributed by atoms with Crippen LogP contribution in [-0.4, -0.2) is 0 Å². The number of thiol groups is 1. The molecule has 0 aromatic heterocycles. The second-order valence-electron chi connectivity index (χ2n) is 1.68. The van der Waals surface area contributed by atoms with Crippen LogP contribution < -0.4 is 35.3 Å². The average Bonchev–Trinajstić information content (AvgIpc) is 1.83. The van der Waals surface area contributed by atoms with Gasteiger partial charge >= 0.3 is 29.6 Å². The molecule has 0 amide bonds. The molecule has 0 aliphatic rings. The number of rotatable bonds is 0. The summed E-state index contributed by atoms with van der Waals surface area (Å²) in [5, 5.41) is 0.596. The first-order valence-corrected chi connectivity index (χ1v) is 3.27. The van der Waals surface area contributed by atoms with Gasteiger partial charge in [-0.3, -0.25) is 0 Å². The first kappa shape index (κ1) is 10.7. The van der Waals surface area contributed by atoms with Gasteiger partial charge in [-0.15, -0.1) is 12.6 Å². The van der Waals surface area contributed by atoms with Crippen LogP contribution in [-0.2, 0) is 0 Å². The van der Waals surface area contributed by atoms with E-state index in [1.165, 1.54) is 0 Å². The van der Waals surface area contributed by atoms with Crippen LogP contribution >= 0.6 is 24.2 Å². The second-order valence-corrected chi connectivity index (χ2v) is 2.53. The molecule has 0 saturated carbocycles. The number of nitrogens with two attached hydrogens (primary N) is 1. The average molecular weight is 184 g/mol. The SMILES string of the molecule is Nc1cccc(Cl)c1S.[H-].[Na+]. The van der Waals surface area contributed by atoms with Crippen molar-refractivity contribution >= 4 is 29.9 Å². The Bertz CT molecular complexity index is 214. The smallest absolute Gasteiger partial charge is 1.00 e. The largest absolute Gasteiger partial charge is 1.00 e. The Hall–Kier alpha value is 0.660. The molecule has 2 N–H and O–H groups in total.